The number of allylic oxidation sites excluding steroid dienone is 2. The first-order valence-electron chi connectivity index (χ1n) is 25.3. The number of aromatic nitrogens is 1. The number of rotatable bonds is 28. The largest absolute Gasteiger partial charge is 0.485 e. The fraction of sp³-hybridized carbons (Fsp3) is 0.317. The van der Waals surface area contributed by atoms with Crippen molar-refractivity contribution in [1.82, 2.24) is 4.98 Å². The number of halogens is 5. The van der Waals surface area contributed by atoms with E-state index >= 15 is 0 Å². The van der Waals surface area contributed by atoms with Crippen LogP contribution in [0, 0.1) is 5.92 Å². The number of H-pyrrole nitrogens is 1. The molecule has 6 aromatic rings. The van der Waals surface area contributed by atoms with Gasteiger partial charge in [-0.2, -0.15) is 0 Å². The number of Topliss-reactive ketones (excluding diaryl/α,β-unsaturated/α-hetero) is 1. The zero-order valence-electron chi connectivity index (χ0n) is 42.3. The second kappa shape index (κ2) is 30.0. The van der Waals surface area contributed by atoms with Crippen molar-refractivity contribution in [3.05, 3.63) is 179 Å². The number of carbonyl (C=O) groups is 1. The van der Waals surface area contributed by atoms with Crippen molar-refractivity contribution in [1.29, 1.82) is 0 Å². The molecule has 5 unspecified atom stereocenters. The van der Waals surface area contributed by atoms with Gasteiger partial charge in [-0.3, -0.25) is 19.8 Å². The molecular formula is C60H62Cl5N4O8+. The summed E-state index contributed by atoms with van der Waals surface area (Å²) in [6.07, 6.45) is 2.95. The van der Waals surface area contributed by atoms with Crippen LogP contribution in [0.2, 0.25) is 0 Å². The van der Waals surface area contributed by atoms with E-state index in [-0.39, 0.29) is 73.7 Å². The second-order valence-electron chi connectivity index (χ2n) is 18.6. The normalized spacial score (nSPS) is 14.9. The van der Waals surface area contributed by atoms with Crippen LogP contribution >= 0.6 is 58.0 Å². The molecule has 5 atom stereocenters. The van der Waals surface area contributed by atoms with E-state index in [1.807, 2.05) is 140 Å². The van der Waals surface area contributed by atoms with Gasteiger partial charge in [0, 0.05) is 119 Å². The highest BCUT2D eigenvalue weighted by atomic mass is 35.5. The Morgan fingerprint density at radius 1 is 0.571 bits per heavy atom. The summed E-state index contributed by atoms with van der Waals surface area (Å²) in [7, 11) is 0. The molecule has 404 valence electrons. The highest BCUT2D eigenvalue weighted by Gasteiger charge is 2.25. The van der Waals surface area contributed by atoms with E-state index in [0.29, 0.717) is 70.9 Å². The van der Waals surface area contributed by atoms with Gasteiger partial charge in [0.15, 0.2) is 17.3 Å². The predicted octanol–water partition coefficient (Wildman–Crippen LogP) is 12.4. The number of aliphatic imine (C=N–C) groups is 3. The minimum absolute atomic E-state index is 0.0133. The summed E-state index contributed by atoms with van der Waals surface area (Å²) in [6, 6.07) is 38.3. The van der Waals surface area contributed by atoms with E-state index in [0.717, 1.165) is 44.6 Å². The lowest BCUT2D eigenvalue weighted by atomic mass is 9.85. The molecular weight excluding hydrogens is 1080 g/mol. The Hall–Kier alpha value is -5.48. The van der Waals surface area contributed by atoms with Gasteiger partial charge in [0.1, 0.15) is 13.2 Å². The Morgan fingerprint density at radius 2 is 1.03 bits per heavy atom. The minimum atomic E-state index is -0.849. The number of aliphatic hydroxyl groups excluding tert-OH is 5. The fourth-order valence-corrected chi connectivity index (χ4v) is 9.27. The van der Waals surface area contributed by atoms with Gasteiger partial charge in [0.25, 0.3) is 0 Å². The van der Waals surface area contributed by atoms with Crippen molar-refractivity contribution in [2.45, 2.75) is 75.5 Å². The number of alkyl halides is 5. The van der Waals surface area contributed by atoms with E-state index in [9.17, 15) is 30.3 Å². The highest BCUT2D eigenvalue weighted by molar-refractivity contribution is 6.19. The summed E-state index contributed by atoms with van der Waals surface area (Å²) < 4.78 is 12.3. The summed E-state index contributed by atoms with van der Waals surface area (Å²) in [4.78, 5) is 31.4. The molecule has 0 saturated heterocycles. The number of carbonyl (C=O) groups excluding carboxylic acids is 1. The second-order valence-corrected chi connectivity index (χ2v) is 20.1. The Morgan fingerprint density at radius 3 is 1.51 bits per heavy atom. The van der Waals surface area contributed by atoms with Gasteiger partial charge >= 0.3 is 0 Å². The molecule has 6 N–H and O–H groups in total. The monoisotopic (exact) mass is 1140 g/mol. The molecule has 0 fully saturated rings. The Balaban J connectivity index is 1.13. The van der Waals surface area contributed by atoms with Gasteiger partial charge in [-0.05, 0) is 103 Å². The van der Waals surface area contributed by atoms with Crippen molar-refractivity contribution in [3.63, 3.8) is 0 Å². The van der Waals surface area contributed by atoms with Crippen LogP contribution in [0.3, 0.4) is 0 Å². The highest BCUT2D eigenvalue weighted by Crippen LogP contribution is 2.37. The van der Waals surface area contributed by atoms with Crippen LogP contribution in [0.25, 0.3) is 22.4 Å². The number of nitrogens with one attached hydrogen (secondary N) is 1. The lowest BCUT2D eigenvalue weighted by molar-refractivity contribution is 0.0983. The van der Waals surface area contributed by atoms with Gasteiger partial charge in [-0.25, -0.2) is 0 Å². The number of aromatic amines is 1. The molecule has 12 nitrogen and oxygen atoms in total. The molecule has 0 aliphatic carbocycles. The number of ketones is 1. The maximum Gasteiger partial charge on any atom is 0.171 e. The van der Waals surface area contributed by atoms with Crippen LogP contribution in [0.15, 0.2) is 155 Å². The van der Waals surface area contributed by atoms with E-state index in [1.165, 1.54) is 0 Å². The third-order valence-corrected chi connectivity index (χ3v) is 14.2. The number of nitrogens with zero attached hydrogens (tertiary/aromatic N) is 3. The third-order valence-electron chi connectivity index (χ3n) is 12.5. The summed E-state index contributed by atoms with van der Waals surface area (Å²) in [5, 5.41) is 52.8. The Labute approximate surface area is 474 Å². The molecule has 0 radical (unpaired) electrons. The molecule has 17 heteroatoms. The Kier molecular flexibility index (Phi) is 23.1. The molecule has 1 aliphatic rings. The number of fused-ring (bicyclic) bond motifs is 1. The lowest BCUT2D eigenvalue weighted by Gasteiger charge is -2.22. The molecule has 1 aliphatic heterocycles. The van der Waals surface area contributed by atoms with Crippen LogP contribution in [0.1, 0.15) is 83.1 Å². The van der Waals surface area contributed by atoms with Crippen molar-refractivity contribution in [2.24, 2.45) is 15.0 Å². The molecule has 77 heavy (non-hydrogen) atoms. The summed E-state index contributed by atoms with van der Waals surface area (Å²) in [5.41, 5.74) is 9.28. The first-order chi connectivity index (χ1) is 37.4. The molecule has 0 amide bonds. The topological polar surface area (TPSA) is 190 Å². The molecule has 0 spiro atoms. The van der Waals surface area contributed by atoms with Crippen LogP contribution < -0.4 is 0 Å². The first kappa shape index (κ1) is 59.2. The van der Waals surface area contributed by atoms with Crippen LogP contribution in [0.5, 0.6) is 0 Å². The van der Waals surface area contributed by atoms with E-state index in [2.05, 4.69) is 4.98 Å². The molecule has 2 heterocycles. The molecule has 7 rings (SSSR count). The predicted molar refractivity (Wildman–Crippen MR) is 314 cm³/mol. The zero-order chi connectivity index (χ0) is 54.7. The summed E-state index contributed by atoms with van der Waals surface area (Å²) in [5.74, 6) is 2.19. The van der Waals surface area contributed by atoms with Crippen molar-refractivity contribution >= 4 is 120 Å². The molecule has 1 aromatic heterocycles. The fourth-order valence-electron chi connectivity index (χ4n) is 8.72. The average Bonchev–Trinajstić information content (AvgIpc) is 3.90. The average molecular weight is 1140 g/mol. The van der Waals surface area contributed by atoms with E-state index < -0.39 is 30.5 Å². The van der Waals surface area contributed by atoms with Gasteiger partial charge < -0.3 is 40.0 Å². The Bertz CT molecular complexity index is 2890. The van der Waals surface area contributed by atoms with E-state index in [1.54, 1.807) is 0 Å². The van der Waals surface area contributed by atoms with Gasteiger partial charge in [0.05, 0.1) is 70.2 Å². The number of hydrogen-bond acceptors (Lipinski definition) is 11. The number of benzene rings is 5. The van der Waals surface area contributed by atoms with Crippen LogP contribution in [0.4, 0.5) is 17.1 Å². The van der Waals surface area contributed by atoms with Gasteiger partial charge in [0.2, 0.25) is 0 Å². The maximum atomic E-state index is 13.7. The van der Waals surface area contributed by atoms with E-state index in [4.69, 9.17) is 82.5 Å². The number of ether oxygens (including phenoxy) is 2. The summed E-state index contributed by atoms with van der Waals surface area (Å²) in [6.45, 7) is 0.845. The minimum Gasteiger partial charge on any atom is -0.485 e. The van der Waals surface area contributed by atoms with Crippen molar-refractivity contribution in [3.8, 4) is 0 Å². The maximum absolute atomic E-state index is 13.7. The standard InChI is InChI=1S/C60H61Cl5N4O8/c61-32-49(70)27-46(8-4-5-9-57(75)42-16-23-56-54(26-42)55(37-66-56)60-59(76-24-25-77-60)41-6-2-1-3-7-41)67-43-17-10-38(11-18-43)58(39-12-19-44(20-13-39)68-47(28-50(71)33-62)29-51(72)34-63)40-14-21-45(22-15-40)69-48(30-52(73)35-64)31-53(74)36-65/h1-4,6-8,10-23,26,37,49-53,70-74H,5,9,24-25,27-36H2/p+1. The van der Waals surface area contributed by atoms with Crippen molar-refractivity contribution < 1.29 is 39.8 Å². The van der Waals surface area contributed by atoms with Gasteiger partial charge in [-0.1, -0.05) is 36.4 Å². The third kappa shape index (κ3) is 17.3. The molecule has 5 aromatic carbocycles. The smallest absolute Gasteiger partial charge is 0.171 e. The van der Waals surface area contributed by atoms with Crippen LogP contribution in [-0.2, 0) is 9.47 Å². The van der Waals surface area contributed by atoms with Gasteiger partial charge in [-0.15, -0.1) is 58.0 Å². The van der Waals surface area contributed by atoms with Crippen molar-refractivity contribution in [2.75, 3.05) is 42.6 Å². The summed E-state index contributed by atoms with van der Waals surface area (Å²) >= 11 is 29.7. The lowest BCUT2D eigenvalue weighted by Crippen LogP contribution is -2.20. The number of aliphatic hydroxyl groups is 5. The quantitative estimate of drug-likeness (QED) is 0.00920. The molecule has 0 bridgehead atoms. The first-order valence-corrected chi connectivity index (χ1v) is 28.0. The molecule has 0 saturated carbocycles. The zero-order valence-corrected chi connectivity index (χ0v) is 46.0. The SMILES string of the molecule is O=C(CCC=CC(CC(O)CCl)=Nc1ccc([C+](c2ccc(N=C(CC(O)CCl)CC(O)CCl)cc2)c2ccc(N=C(CC(O)CCl)CC(O)CCl)cc2)cc1)c1ccc2[nH]cc(C3=C(c4ccccc4)OCCO3)c2c1. The van der Waals surface area contributed by atoms with Crippen LogP contribution in [-0.4, -0.2) is 127 Å². The number of hydrogen-bond donors (Lipinski definition) is 6.